The van der Waals surface area contributed by atoms with E-state index in [1.807, 2.05) is 84.9 Å². The van der Waals surface area contributed by atoms with Crippen molar-refractivity contribution in [2.75, 3.05) is 0 Å². The molecule has 3 rings (SSSR count). The van der Waals surface area contributed by atoms with E-state index in [1.165, 1.54) is 0 Å². The highest BCUT2D eigenvalue weighted by Crippen LogP contribution is 2.47. The molecule has 0 aliphatic carbocycles. The van der Waals surface area contributed by atoms with Crippen LogP contribution in [0.1, 0.15) is 5.56 Å². The first-order chi connectivity index (χ1) is 10.7. The highest BCUT2D eigenvalue weighted by Gasteiger charge is 2.29. The second-order valence-corrected chi connectivity index (χ2v) is 9.13. The summed E-state index contributed by atoms with van der Waals surface area (Å²) in [5.41, 5.74) is 1.11. The van der Waals surface area contributed by atoms with Gasteiger partial charge in [0.2, 0.25) is 0 Å². The Bertz CT molecular complexity index is 800. The Hall–Kier alpha value is -1.38. The van der Waals surface area contributed by atoms with Gasteiger partial charge in [-0.15, -0.1) is 0 Å². The topological polar surface area (TPSA) is 17.1 Å². The van der Waals surface area contributed by atoms with Crippen LogP contribution in [0.15, 0.2) is 84.9 Å². The summed E-state index contributed by atoms with van der Waals surface area (Å²) in [6.07, 6.45) is 0.553. The van der Waals surface area contributed by atoms with Crippen molar-refractivity contribution in [3.63, 3.8) is 0 Å². The summed E-state index contributed by atoms with van der Waals surface area (Å²) >= 11 is 2.28. The zero-order valence-electron chi connectivity index (χ0n) is 12.0. The predicted octanol–water partition coefficient (Wildman–Crippen LogP) is 4.81. The van der Waals surface area contributed by atoms with E-state index in [0.29, 0.717) is 6.16 Å². The fourth-order valence-corrected chi connectivity index (χ4v) is 6.88. The van der Waals surface area contributed by atoms with E-state index in [2.05, 4.69) is 22.6 Å². The quantitative estimate of drug-likeness (QED) is 0.439. The number of benzene rings is 3. The minimum atomic E-state index is -2.69. The predicted molar refractivity (Wildman–Crippen MR) is 103 cm³/mol. The average molecular weight is 418 g/mol. The van der Waals surface area contributed by atoms with Crippen LogP contribution < -0.4 is 10.6 Å². The molecule has 3 aromatic carbocycles. The number of halogens is 1. The summed E-state index contributed by atoms with van der Waals surface area (Å²) in [7, 11) is -2.69. The van der Waals surface area contributed by atoms with Crippen molar-refractivity contribution in [1.82, 2.24) is 0 Å². The lowest BCUT2D eigenvalue weighted by Gasteiger charge is -2.20. The fraction of sp³-hybridized carbons (Fsp3) is 0.0526. The summed E-state index contributed by atoms with van der Waals surface area (Å²) in [6.45, 7) is 0. The first kappa shape index (κ1) is 15.5. The smallest absolute Gasteiger partial charge is 0.148 e. The third-order valence-electron chi connectivity index (χ3n) is 3.66. The highest BCUT2D eigenvalue weighted by molar-refractivity contribution is 14.1. The molecule has 22 heavy (non-hydrogen) atoms. The van der Waals surface area contributed by atoms with Gasteiger partial charge in [0.15, 0.2) is 0 Å². The molecule has 1 nitrogen and oxygen atoms in total. The second-order valence-electron chi connectivity index (χ2n) is 5.17. The van der Waals surface area contributed by atoms with Gasteiger partial charge in [-0.1, -0.05) is 78.9 Å². The van der Waals surface area contributed by atoms with E-state index in [1.54, 1.807) is 0 Å². The van der Waals surface area contributed by atoms with Crippen LogP contribution >= 0.6 is 29.7 Å². The molecule has 3 heteroatoms. The summed E-state index contributed by atoms with van der Waals surface area (Å²) in [6, 6.07) is 27.9. The molecule has 0 spiro atoms. The maximum absolute atomic E-state index is 14.0. The zero-order chi connectivity index (χ0) is 15.4. The fourth-order valence-electron chi connectivity index (χ4n) is 2.57. The minimum Gasteiger partial charge on any atom is -0.313 e. The Morgan fingerprint density at radius 1 is 0.727 bits per heavy atom. The molecule has 0 aliphatic heterocycles. The van der Waals surface area contributed by atoms with Gasteiger partial charge < -0.3 is 4.57 Å². The molecule has 0 saturated carbocycles. The molecular formula is C19H16IOP. The number of hydrogen-bond acceptors (Lipinski definition) is 1. The van der Waals surface area contributed by atoms with Crippen LogP contribution in [0.4, 0.5) is 0 Å². The van der Waals surface area contributed by atoms with Crippen LogP contribution in [0.25, 0.3) is 0 Å². The molecule has 0 fully saturated rings. The lowest BCUT2D eigenvalue weighted by atomic mass is 10.2. The van der Waals surface area contributed by atoms with Gasteiger partial charge in [-0.25, -0.2) is 0 Å². The monoisotopic (exact) mass is 418 g/mol. The average Bonchev–Trinajstić information content (AvgIpc) is 2.57. The third kappa shape index (κ3) is 3.18. The van der Waals surface area contributed by atoms with Gasteiger partial charge in [-0.2, -0.15) is 0 Å². The minimum absolute atomic E-state index is 0.553. The second kappa shape index (κ2) is 6.80. The lowest BCUT2D eigenvalue weighted by Crippen LogP contribution is -2.19. The normalized spacial score (nSPS) is 13.5. The van der Waals surface area contributed by atoms with E-state index in [9.17, 15) is 4.57 Å². The number of hydrogen-bond donors (Lipinski definition) is 0. The van der Waals surface area contributed by atoms with Crippen LogP contribution in [0.5, 0.6) is 0 Å². The van der Waals surface area contributed by atoms with Gasteiger partial charge in [0.1, 0.15) is 7.14 Å². The van der Waals surface area contributed by atoms with E-state index < -0.39 is 7.14 Å². The molecule has 0 amide bonds. The third-order valence-corrected chi connectivity index (χ3v) is 8.14. The molecule has 0 heterocycles. The molecule has 0 aromatic heterocycles. The van der Waals surface area contributed by atoms with Gasteiger partial charge in [0.25, 0.3) is 0 Å². The molecule has 0 bridgehead atoms. The van der Waals surface area contributed by atoms with E-state index in [0.717, 1.165) is 19.7 Å². The zero-order valence-corrected chi connectivity index (χ0v) is 15.1. The van der Waals surface area contributed by atoms with Crippen molar-refractivity contribution < 1.29 is 4.57 Å². The molecule has 1 unspecified atom stereocenters. The largest absolute Gasteiger partial charge is 0.313 e. The summed E-state index contributed by atoms with van der Waals surface area (Å²) < 4.78 is 15.1. The maximum atomic E-state index is 14.0. The van der Waals surface area contributed by atoms with Crippen molar-refractivity contribution in [3.8, 4) is 0 Å². The van der Waals surface area contributed by atoms with Crippen molar-refractivity contribution in [3.05, 3.63) is 94.1 Å². The standard InChI is InChI=1S/C19H16IOP/c20-18-13-7-8-14-19(18)22(21,17-11-5-2-6-12-17)15-16-9-3-1-4-10-16/h1-14H,15H2. The first-order valence-electron chi connectivity index (χ1n) is 7.14. The van der Waals surface area contributed by atoms with Crippen LogP contribution in [-0.2, 0) is 10.7 Å². The molecule has 110 valence electrons. The van der Waals surface area contributed by atoms with E-state index in [-0.39, 0.29) is 0 Å². The molecule has 0 saturated heterocycles. The van der Waals surface area contributed by atoms with Crippen LogP contribution in [0, 0.1) is 3.57 Å². The molecule has 0 N–H and O–H groups in total. The van der Waals surface area contributed by atoms with Crippen molar-refractivity contribution in [1.29, 1.82) is 0 Å². The molecule has 0 radical (unpaired) electrons. The van der Waals surface area contributed by atoms with Crippen LogP contribution in [0.3, 0.4) is 0 Å². The SMILES string of the molecule is O=P(Cc1ccccc1)(c1ccccc1)c1ccccc1I. The highest BCUT2D eigenvalue weighted by atomic mass is 127. The summed E-state index contributed by atoms with van der Waals surface area (Å²) in [5, 5.41) is 1.87. The lowest BCUT2D eigenvalue weighted by molar-refractivity contribution is 0.586. The summed E-state index contributed by atoms with van der Waals surface area (Å²) in [5.74, 6) is 0. The maximum Gasteiger partial charge on any atom is 0.148 e. The van der Waals surface area contributed by atoms with Crippen LogP contribution in [0.2, 0.25) is 0 Å². The molecule has 0 aliphatic rings. The Morgan fingerprint density at radius 3 is 1.91 bits per heavy atom. The molecular weight excluding hydrogens is 402 g/mol. The Kier molecular flexibility index (Phi) is 4.80. The Labute approximate surface area is 144 Å². The molecule has 1 atom stereocenters. The first-order valence-corrected chi connectivity index (χ1v) is 10.1. The van der Waals surface area contributed by atoms with Crippen LogP contribution in [-0.4, -0.2) is 0 Å². The van der Waals surface area contributed by atoms with E-state index >= 15 is 0 Å². The van der Waals surface area contributed by atoms with Gasteiger partial charge in [0, 0.05) is 20.3 Å². The van der Waals surface area contributed by atoms with Crippen molar-refractivity contribution in [2.24, 2.45) is 0 Å². The Balaban J connectivity index is 2.15. The van der Waals surface area contributed by atoms with Gasteiger partial charge in [-0.3, -0.25) is 0 Å². The molecule has 3 aromatic rings. The van der Waals surface area contributed by atoms with E-state index in [4.69, 9.17) is 0 Å². The summed E-state index contributed by atoms with van der Waals surface area (Å²) in [4.78, 5) is 0. The van der Waals surface area contributed by atoms with Crippen molar-refractivity contribution >= 4 is 40.3 Å². The van der Waals surface area contributed by atoms with Gasteiger partial charge in [-0.05, 0) is 34.2 Å². The number of rotatable bonds is 4. The van der Waals surface area contributed by atoms with Crippen molar-refractivity contribution in [2.45, 2.75) is 6.16 Å². The van der Waals surface area contributed by atoms with Gasteiger partial charge >= 0.3 is 0 Å². The van der Waals surface area contributed by atoms with Gasteiger partial charge in [0.05, 0.1) is 0 Å². The Morgan fingerprint density at radius 2 is 1.27 bits per heavy atom.